The first-order valence-corrected chi connectivity index (χ1v) is 14.0. The van der Waals surface area contributed by atoms with Gasteiger partial charge in [0.1, 0.15) is 0 Å². The largest absolute Gasteiger partial charge is 0.550 e. The lowest BCUT2D eigenvalue weighted by Crippen LogP contribution is -2.45. The van der Waals surface area contributed by atoms with Crippen molar-refractivity contribution in [3.63, 3.8) is 0 Å². The Bertz CT molecular complexity index is 390. The molecule has 0 aromatic rings. The smallest absolute Gasteiger partial charge is 0.192 e. The topological polar surface area (TPSA) is 69.6 Å². The zero-order chi connectivity index (χ0) is 20.9. The van der Waals surface area contributed by atoms with Crippen LogP contribution >= 0.6 is 0 Å². The predicted molar refractivity (Wildman–Crippen MR) is 114 cm³/mol. The summed E-state index contributed by atoms with van der Waals surface area (Å²) in [5.41, 5.74) is 0. The molecule has 0 heterocycles. The van der Waals surface area contributed by atoms with Gasteiger partial charge in [-0.15, -0.1) is 0 Å². The number of aliphatic hydroxyl groups excluding tert-OH is 1. The molecule has 0 aromatic heterocycles. The van der Waals surface area contributed by atoms with Crippen LogP contribution in [0.5, 0.6) is 0 Å². The fourth-order valence-electron chi connectivity index (χ4n) is 3.08. The number of carboxylic acids is 1. The maximum Gasteiger partial charge on any atom is 0.192 e. The summed E-state index contributed by atoms with van der Waals surface area (Å²) < 4.78 is 6.49. The molecule has 0 saturated heterocycles. The zero-order valence-electron chi connectivity index (χ0n) is 18.8. The Morgan fingerprint density at radius 2 is 1.48 bits per heavy atom. The number of rotatable bonds is 16. The van der Waals surface area contributed by atoms with E-state index < -0.39 is 20.4 Å². The molecule has 5 heteroatoms. The van der Waals surface area contributed by atoms with Crippen molar-refractivity contribution in [2.24, 2.45) is 0 Å². The maximum atomic E-state index is 10.8. The summed E-state index contributed by atoms with van der Waals surface area (Å²) in [7, 11) is -1.94. The lowest BCUT2D eigenvalue weighted by Gasteiger charge is -2.40. The van der Waals surface area contributed by atoms with Crippen molar-refractivity contribution in [3.8, 4) is 0 Å². The van der Waals surface area contributed by atoms with E-state index in [0.29, 0.717) is 6.42 Å². The summed E-state index contributed by atoms with van der Waals surface area (Å²) in [6, 6.07) is 0. The number of hydrogen-bond donors (Lipinski definition) is 1. The van der Waals surface area contributed by atoms with Gasteiger partial charge in [0, 0.05) is 18.5 Å². The number of carbonyl (C=O) groups excluding carboxylic acids is 1. The summed E-state index contributed by atoms with van der Waals surface area (Å²) in [6.45, 7) is 13.3. The lowest BCUT2D eigenvalue weighted by molar-refractivity contribution is -0.307. The van der Waals surface area contributed by atoms with Crippen molar-refractivity contribution in [2.45, 2.75) is 135 Å². The molecule has 2 atom stereocenters. The van der Waals surface area contributed by atoms with Crippen molar-refractivity contribution in [3.05, 3.63) is 0 Å². The molecule has 0 radical (unpaired) electrons. The Hall–Kier alpha value is -0.393. The molecular weight excluding hydrogens is 356 g/mol. The van der Waals surface area contributed by atoms with Gasteiger partial charge in [0.25, 0.3) is 0 Å². The Morgan fingerprint density at radius 3 is 1.93 bits per heavy atom. The number of carbonyl (C=O) groups is 1. The van der Waals surface area contributed by atoms with Crippen LogP contribution in [0.15, 0.2) is 0 Å². The molecule has 0 aliphatic carbocycles. The highest BCUT2D eigenvalue weighted by Gasteiger charge is 2.39. The lowest BCUT2D eigenvalue weighted by atomic mass is 10.0. The second-order valence-corrected chi connectivity index (χ2v) is 14.3. The highest BCUT2D eigenvalue weighted by atomic mass is 28.4. The molecule has 1 N–H and O–H groups in total. The van der Waals surface area contributed by atoms with Crippen molar-refractivity contribution in [1.82, 2.24) is 0 Å². The average molecular weight is 402 g/mol. The second kappa shape index (κ2) is 13.7. The van der Waals surface area contributed by atoms with Crippen LogP contribution in [0.25, 0.3) is 0 Å². The van der Waals surface area contributed by atoms with Crippen LogP contribution in [0.1, 0.15) is 105 Å². The molecule has 0 saturated carbocycles. The minimum absolute atomic E-state index is 0.0650. The monoisotopic (exact) mass is 401 g/mol. The Kier molecular flexibility index (Phi) is 13.5. The van der Waals surface area contributed by atoms with Crippen LogP contribution in [-0.2, 0) is 9.22 Å². The van der Waals surface area contributed by atoms with E-state index in [2.05, 4.69) is 40.8 Å². The van der Waals surface area contributed by atoms with Gasteiger partial charge in [-0.25, -0.2) is 0 Å². The van der Waals surface area contributed by atoms with Gasteiger partial charge >= 0.3 is 0 Å². The summed E-state index contributed by atoms with van der Waals surface area (Å²) in [4.78, 5) is 10.8. The van der Waals surface area contributed by atoms with Gasteiger partial charge in [0.05, 0.1) is 6.10 Å². The minimum atomic E-state index is -1.94. The van der Waals surface area contributed by atoms with E-state index >= 15 is 0 Å². The van der Waals surface area contributed by atoms with E-state index in [9.17, 15) is 15.0 Å². The molecule has 27 heavy (non-hydrogen) atoms. The Labute approximate surface area is 169 Å². The molecule has 0 bridgehead atoms. The van der Waals surface area contributed by atoms with Crippen LogP contribution in [-0.4, -0.2) is 31.6 Å². The first-order chi connectivity index (χ1) is 12.5. The normalized spacial score (nSPS) is 14.9. The van der Waals surface area contributed by atoms with Gasteiger partial charge < -0.3 is 19.4 Å². The third kappa shape index (κ3) is 13.4. The fraction of sp³-hybridized carbons (Fsp3) is 0.955. The Morgan fingerprint density at radius 1 is 1.00 bits per heavy atom. The number of aliphatic carboxylic acids is 1. The van der Waals surface area contributed by atoms with E-state index in [0.717, 1.165) is 12.8 Å². The van der Waals surface area contributed by atoms with Crippen LogP contribution in [0.2, 0.25) is 18.1 Å². The van der Waals surface area contributed by atoms with E-state index in [-0.39, 0.29) is 17.6 Å². The van der Waals surface area contributed by atoms with Crippen molar-refractivity contribution in [2.75, 3.05) is 0 Å². The summed E-state index contributed by atoms with van der Waals surface area (Å²) in [5.74, 6) is -1.20. The first-order valence-electron chi connectivity index (χ1n) is 11.0. The third-order valence-electron chi connectivity index (χ3n) is 5.83. The quantitative estimate of drug-likeness (QED) is 0.285. The van der Waals surface area contributed by atoms with E-state index in [1.807, 2.05) is 0 Å². The minimum Gasteiger partial charge on any atom is -0.550 e. The van der Waals surface area contributed by atoms with Crippen molar-refractivity contribution < 1.29 is 19.4 Å². The zero-order valence-corrected chi connectivity index (χ0v) is 19.8. The summed E-state index contributed by atoms with van der Waals surface area (Å²) in [6.07, 6.45) is 11.5. The van der Waals surface area contributed by atoms with Crippen LogP contribution in [0.4, 0.5) is 0 Å². The molecule has 0 aliphatic rings. The van der Waals surface area contributed by atoms with E-state index in [4.69, 9.17) is 4.43 Å². The van der Waals surface area contributed by atoms with E-state index in [1.165, 1.54) is 51.4 Å². The van der Waals surface area contributed by atoms with E-state index in [1.54, 1.807) is 0 Å². The number of carboxylic acid groups (broad SMARTS) is 1. The molecule has 0 amide bonds. The highest BCUT2D eigenvalue weighted by molar-refractivity contribution is 6.74. The average Bonchev–Trinajstić information content (AvgIpc) is 2.50. The molecular formula is C22H45O4Si-. The first kappa shape index (κ1) is 26.6. The van der Waals surface area contributed by atoms with Crippen LogP contribution in [0, 0.1) is 0 Å². The maximum absolute atomic E-state index is 10.8. The number of unbranched alkanes of at least 4 members (excludes halogenated alkanes) is 8. The van der Waals surface area contributed by atoms with Gasteiger partial charge in [0.15, 0.2) is 8.32 Å². The third-order valence-corrected chi connectivity index (χ3v) is 10.4. The number of hydrogen-bond acceptors (Lipinski definition) is 4. The molecule has 0 rings (SSSR count). The van der Waals surface area contributed by atoms with Gasteiger partial charge in [-0.3, -0.25) is 0 Å². The van der Waals surface area contributed by atoms with Crippen LogP contribution < -0.4 is 5.11 Å². The Balaban J connectivity index is 4.36. The van der Waals surface area contributed by atoms with Crippen molar-refractivity contribution in [1.29, 1.82) is 0 Å². The summed E-state index contributed by atoms with van der Waals surface area (Å²) >= 11 is 0. The molecule has 0 unspecified atom stereocenters. The molecule has 0 fully saturated rings. The highest BCUT2D eigenvalue weighted by Crippen LogP contribution is 2.38. The van der Waals surface area contributed by atoms with Gasteiger partial charge in [0.2, 0.25) is 0 Å². The predicted octanol–water partition coefficient (Wildman–Crippen LogP) is 5.19. The second-order valence-electron chi connectivity index (χ2n) is 9.58. The van der Waals surface area contributed by atoms with Gasteiger partial charge in [-0.2, -0.15) is 0 Å². The molecule has 4 nitrogen and oxygen atoms in total. The molecule has 0 spiro atoms. The molecule has 0 aromatic carbocycles. The van der Waals surface area contributed by atoms with Gasteiger partial charge in [-0.1, -0.05) is 85.5 Å². The van der Waals surface area contributed by atoms with Crippen molar-refractivity contribution >= 4 is 14.3 Å². The standard InChI is InChI=1S/C22H46O4Si/c1-7-8-9-10-11-12-13-14-15-16-20(17-19(23)18-21(24)25)26-27(5,6)22(2,3)4/h19-20,23H,7-18H2,1-6H3,(H,24,25)/p-1/t19-,20-/m0/s1. The molecule has 162 valence electrons. The summed E-state index contributed by atoms with van der Waals surface area (Å²) in [5, 5.41) is 20.9. The fourth-order valence-corrected chi connectivity index (χ4v) is 4.48. The molecule has 0 aliphatic heterocycles. The number of aliphatic hydroxyl groups is 1. The van der Waals surface area contributed by atoms with Crippen LogP contribution in [0.3, 0.4) is 0 Å². The SMILES string of the molecule is CCCCCCCCCCC[C@@H](C[C@H](O)CC(=O)[O-])O[Si](C)(C)C(C)(C)C. The van der Waals surface area contributed by atoms with Gasteiger partial charge in [-0.05, 0) is 31.0 Å².